The highest BCUT2D eigenvalue weighted by atomic mass is 32.1. The number of carbonyl (C=O) groups excluding carboxylic acids is 1. The van der Waals surface area contributed by atoms with Crippen molar-refractivity contribution in [2.24, 2.45) is 4.99 Å². The third kappa shape index (κ3) is 5.58. The molecule has 0 spiro atoms. The number of methoxy groups -OCH3 is 1. The molecule has 5 rings (SSSR count). The van der Waals surface area contributed by atoms with Crippen LogP contribution in [0.2, 0.25) is 0 Å². The molecule has 222 valence electrons. The van der Waals surface area contributed by atoms with Gasteiger partial charge in [0, 0.05) is 17.1 Å². The van der Waals surface area contributed by atoms with Crippen molar-refractivity contribution in [1.29, 1.82) is 0 Å². The van der Waals surface area contributed by atoms with Crippen LogP contribution in [0, 0.1) is 13.8 Å². The predicted octanol–water partition coefficient (Wildman–Crippen LogP) is 4.69. The number of nitrogens with zero attached hydrogens (tertiary/aromatic N) is 3. The van der Waals surface area contributed by atoms with Gasteiger partial charge in [-0.2, -0.15) is 0 Å². The molecular formula is C33H33N3O6S. The van der Waals surface area contributed by atoms with Gasteiger partial charge in [0.15, 0.2) is 4.80 Å². The van der Waals surface area contributed by atoms with Crippen molar-refractivity contribution in [2.45, 2.75) is 46.6 Å². The van der Waals surface area contributed by atoms with Gasteiger partial charge in [-0.1, -0.05) is 42.9 Å². The average Bonchev–Trinajstić information content (AvgIpc) is 3.46. The molecule has 2 aromatic heterocycles. The largest absolute Gasteiger partial charge is 0.497 e. The maximum atomic E-state index is 14.1. The van der Waals surface area contributed by atoms with Crippen molar-refractivity contribution in [3.63, 3.8) is 0 Å². The van der Waals surface area contributed by atoms with Crippen molar-refractivity contribution in [1.82, 2.24) is 9.13 Å². The van der Waals surface area contributed by atoms with E-state index in [4.69, 9.17) is 14.5 Å². The van der Waals surface area contributed by atoms with Crippen LogP contribution in [0.15, 0.2) is 75.7 Å². The number of aryl methyl sites for hydroxylation is 1. The third-order valence-corrected chi connectivity index (χ3v) is 8.39. The van der Waals surface area contributed by atoms with Gasteiger partial charge in [-0.3, -0.25) is 9.36 Å². The smallest absolute Gasteiger partial charge is 0.338 e. The summed E-state index contributed by atoms with van der Waals surface area (Å²) in [5.74, 6) is -0.888. The summed E-state index contributed by atoms with van der Waals surface area (Å²) in [6, 6.07) is 15.3. The van der Waals surface area contributed by atoms with Crippen LogP contribution in [0.25, 0.3) is 11.8 Å². The third-order valence-electron chi connectivity index (χ3n) is 7.41. The zero-order valence-corrected chi connectivity index (χ0v) is 25.5. The topological polar surface area (TPSA) is 112 Å². The molecule has 0 aliphatic carbocycles. The number of aromatic carboxylic acids is 1. The van der Waals surface area contributed by atoms with Crippen LogP contribution in [-0.4, -0.2) is 39.9 Å². The number of carboxylic acids is 1. The number of aromatic nitrogens is 2. The molecule has 0 unspecified atom stereocenters. The van der Waals surface area contributed by atoms with E-state index in [1.807, 2.05) is 67.8 Å². The fourth-order valence-electron chi connectivity index (χ4n) is 5.50. The van der Waals surface area contributed by atoms with Gasteiger partial charge in [0.25, 0.3) is 5.56 Å². The second-order valence-electron chi connectivity index (χ2n) is 10.2. The number of hydrogen-bond donors (Lipinski definition) is 1. The number of thiazole rings is 1. The maximum Gasteiger partial charge on any atom is 0.338 e. The molecule has 0 fully saturated rings. The molecule has 10 heteroatoms. The van der Waals surface area contributed by atoms with Gasteiger partial charge >= 0.3 is 11.9 Å². The van der Waals surface area contributed by atoms with E-state index in [9.17, 15) is 19.5 Å². The van der Waals surface area contributed by atoms with Crippen LogP contribution in [0.1, 0.15) is 65.6 Å². The lowest BCUT2D eigenvalue weighted by Gasteiger charge is -2.26. The highest BCUT2D eigenvalue weighted by Gasteiger charge is 2.34. The van der Waals surface area contributed by atoms with E-state index in [1.54, 1.807) is 36.8 Å². The Bertz CT molecular complexity index is 1950. The number of esters is 1. The van der Waals surface area contributed by atoms with Crippen molar-refractivity contribution in [3.05, 3.63) is 114 Å². The molecule has 4 aromatic rings. The number of carboxylic acid groups (broad SMARTS) is 1. The van der Waals surface area contributed by atoms with Crippen LogP contribution < -0.4 is 19.6 Å². The van der Waals surface area contributed by atoms with Crippen LogP contribution in [0.3, 0.4) is 0 Å². The molecule has 1 N–H and O–H groups in total. The van der Waals surface area contributed by atoms with E-state index in [0.717, 1.165) is 34.6 Å². The number of carbonyl (C=O) groups is 2. The quantitative estimate of drug-likeness (QED) is 0.280. The lowest BCUT2D eigenvalue weighted by molar-refractivity contribution is -0.139. The molecule has 0 saturated heterocycles. The van der Waals surface area contributed by atoms with E-state index in [2.05, 4.69) is 0 Å². The molecule has 0 radical (unpaired) electrons. The molecular weight excluding hydrogens is 566 g/mol. The van der Waals surface area contributed by atoms with Gasteiger partial charge in [0.05, 0.1) is 41.1 Å². The first kappa shape index (κ1) is 29.8. The van der Waals surface area contributed by atoms with Crippen molar-refractivity contribution in [2.75, 3.05) is 13.7 Å². The monoisotopic (exact) mass is 599 g/mol. The number of hydrogen-bond acceptors (Lipinski definition) is 7. The molecule has 1 atom stereocenters. The zero-order chi connectivity index (χ0) is 30.8. The summed E-state index contributed by atoms with van der Waals surface area (Å²) in [6.07, 6.45) is 3.15. The molecule has 0 bridgehead atoms. The van der Waals surface area contributed by atoms with Crippen LogP contribution in [0.5, 0.6) is 5.75 Å². The molecule has 1 aliphatic heterocycles. The molecule has 9 nitrogen and oxygen atoms in total. The number of fused-ring (bicyclic) bond motifs is 1. The summed E-state index contributed by atoms with van der Waals surface area (Å²) in [4.78, 5) is 44.4. The molecule has 2 aromatic carbocycles. The highest BCUT2D eigenvalue weighted by molar-refractivity contribution is 7.07. The van der Waals surface area contributed by atoms with Gasteiger partial charge in [-0.05, 0) is 80.8 Å². The second-order valence-corrected chi connectivity index (χ2v) is 11.2. The Hall–Kier alpha value is -4.70. The number of allylic oxidation sites excluding steroid dienone is 1. The summed E-state index contributed by atoms with van der Waals surface area (Å²) in [6.45, 7) is 7.83. The SMILES string of the molecule is CCCC1=C(C(=O)OCC)[C@H](c2cccc(OC)c2)n2c(s/c(=C\c3cc(C)n(-c4cccc(C(=O)O)c4)c3C)c2=O)=N1. The predicted molar refractivity (Wildman–Crippen MR) is 165 cm³/mol. The van der Waals surface area contributed by atoms with Crippen molar-refractivity contribution in [3.8, 4) is 11.4 Å². The Kier molecular flexibility index (Phi) is 8.50. The number of rotatable bonds is 9. The van der Waals surface area contributed by atoms with Gasteiger partial charge in [-0.15, -0.1) is 0 Å². The zero-order valence-electron chi connectivity index (χ0n) is 24.7. The first-order valence-electron chi connectivity index (χ1n) is 14.1. The van der Waals surface area contributed by atoms with E-state index >= 15 is 0 Å². The van der Waals surface area contributed by atoms with E-state index in [0.29, 0.717) is 32.8 Å². The van der Waals surface area contributed by atoms with Crippen LogP contribution in [-0.2, 0) is 9.53 Å². The first-order chi connectivity index (χ1) is 20.7. The Labute approximate surface area is 252 Å². The van der Waals surface area contributed by atoms with Crippen LogP contribution in [0.4, 0.5) is 0 Å². The normalized spacial score (nSPS) is 14.8. The molecule has 1 aliphatic rings. The number of ether oxygens (including phenoxy) is 2. The minimum Gasteiger partial charge on any atom is -0.497 e. The van der Waals surface area contributed by atoms with E-state index in [1.165, 1.54) is 11.3 Å². The van der Waals surface area contributed by atoms with Crippen molar-refractivity contribution < 1.29 is 24.2 Å². The molecule has 0 saturated carbocycles. The second kappa shape index (κ2) is 12.3. The average molecular weight is 600 g/mol. The minimum atomic E-state index is -0.999. The molecule has 3 heterocycles. The van der Waals surface area contributed by atoms with Gasteiger partial charge in [0.1, 0.15) is 5.75 Å². The summed E-state index contributed by atoms with van der Waals surface area (Å²) in [5, 5.41) is 9.47. The van der Waals surface area contributed by atoms with Gasteiger partial charge in [0.2, 0.25) is 0 Å². The summed E-state index contributed by atoms with van der Waals surface area (Å²) >= 11 is 1.27. The summed E-state index contributed by atoms with van der Waals surface area (Å²) < 4.78 is 14.9. The first-order valence-corrected chi connectivity index (χ1v) is 14.9. The lowest BCUT2D eigenvalue weighted by atomic mass is 9.94. The fourth-order valence-corrected chi connectivity index (χ4v) is 6.51. The Morgan fingerprint density at radius 3 is 2.56 bits per heavy atom. The Balaban J connectivity index is 1.72. The van der Waals surface area contributed by atoms with Gasteiger partial charge < -0.3 is 19.1 Å². The van der Waals surface area contributed by atoms with Gasteiger partial charge in [-0.25, -0.2) is 14.6 Å². The van der Waals surface area contributed by atoms with E-state index < -0.39 is 18.0 Å². The van der Waals surface area contributed by atoms with Crippen molar-refractivity contribution >= 4 is 29.4 Å². The Morgan fingerprint density at radius 1 is 1.09 bits per heavy atom. The number of benzene rings is 2. The highest BCUT2D eigenvalue weighted by Crippen LogP contribution is 2.34. The molecule has 43 heavy (non-hydrogen) atoms. The summed E-state index contributed by atoms with van der Waals surface area (Å²) in [7, 11) is 1.57. The maximum absolute atomic E-state index is 14.1. The molecule has 0 amide bonds. The summed E-state index contributed by atoms with van der Waals surface area (Å²) in [5.41, 5.74) is 4.89. The lowest BCUT2D eigenvalue weighted by Crippen LogP contribution is -2.40. The minimum absolute atomic E-state index is 0.192. The van der Waals surface area contributed by atoms with Crippen LogP contribution >= 0.6 is 11.3 Å². The van der Waals surface area contributed by atoms with E-state index in [-0.39, 0.29) is 17.7 Å². The Morgan fingerprint density at radius 2 is 1.86 bits per heavy atom. The fraction of sp³-hybridized carbons (Fsp3) is 0.273. The standard InChI is InChI=1S/C33H33N3O6S/c1-6-10-26-28(32(40)42-7-2)29(21-11-9-14-25(17-21)41-5)36-30(37)27(43-33(36)34-26)18-23-15-19(3)35(20(23)4)24-13-8-12-22(16-24)31(38)39/h8-9,11-18,29H,6-7,10H2,1-5H3,(H,38,39)/b27-18-/t29-/m0/s1.